The normalized spacial score (nSPS) is 10.4. The number of hydrogen-bond donors (Lipinski definition) is 2. The van der Waals surface area contributed by atoms with Crippen LogP contribution in [0.15, 0.2) is 45.6 Å². The number of para-hydroxylation sites is 2. The van der Waals surface area contributed by atoms with E-state index in [1.165, 1.54) is 11.3 Å². The largest absolute Gasteiger partial charge is 0.490 e. The standard InChI is InChI=1S/C19H18BrN3O4S2/c1-2-26-14-5-3-4-6-15(14)27-9-18(25)23-22-17(24)8-13-11-29-19(21-13)16-7-12(20)10-28-16/h3-7,10-11H,2,8-9H2,1H3,(H,22,24)(H,23,25). The second-order valence-electron chi connectivity index (χ2n) is 5.71. The molecule has 0 atom stereocenters. The minimum absolute atomic E-state index is 0.0668. The van der Waals surface area contributed by atoms with Crippen LogP contribution in [0.4, 0.5) is 0 Å². The van der Waals surface area contributed by atoms with Gasteiger partial charge in [-0.2, -0.15) is 0 Å². The van der Waals surface area contributed by atoms with Crippen LogP contribution in [0, 0.1) is 0 Å². The lowest BCUT2D eigenvalue weighted by molar-refractivity contribution is -0.129. The minimum atomic E-state index is -0.480. The first-order chi connectivity index (χ1) is 14.0. The summed E-state index contributed by atoms with van der Waals surface area (Å²) in [6.07, 6.45) is 0.0668. The maximum atomic E-state index is 12.1. The second kappa shape index (κ2) is 10.4. The van der Waals surface area contributed by atoms with Crippen LogP contribution in [-0.2, 0) is 16.0 Å². The highest BCUT2D eigenvalue weighted by atomic mass is 79.9. The molecule has 0 saturated carbocycles. The summed E-state index contributed by atoms with van der Waals surface area (Å²) in [5.41, 5.74) is 5.35. The summed E-state index contributed by atoms with van der Waals surface area (Å²) in [6, 6.07) is 9.06. The third-order valence-electron chi connectivity index (χ3n) is 3.52. The van der Waals surface area contributed by atoms with Gasteiger partial charge in [0.05, 0.1) is 23.6 Å². The predicted molar refractivity (Wildman–Crippen MR) is 116 cm³/mol. The van der Waals surface area contributed by atoms with Gasteiger partial charge in [0.15, 0.2) is 18.1 Å². The van der Waals surface area contributed by atoms with Crippen molar-refractivity contribution in [2.24, 2.45) is 0 Å². The molecule has 1 aromatic carbocycles. The van der Waals surface area contributed by atoms with Crippen molar-refractivity contribution >= 4 is 50.4 Å². The summed E-state index contributed by atoms with van der Waals surface area (Å²) in [5, 5.41) is 4.67. The molecule has 0 saturated heterocycles. The topological polar surface area (TPSA) is 89.5 Å². The van der Waals surface area contributed by atoms with Crippen molar-refractivity contribution in [1.29, 1.82) is 0 Å². The van der Waals surface area contributed by atoms with Crippen LogP contribution in [0.3, 0.4) is 0 Å². The quantitative estimate of drug-likeness (QED) is 0.463. The Hall–Kier alpha value is -2.43. The summed E-state index contributed by atoms with van der Waals surface area (Å²) in [5.74, 6) is 0.180. The Morgan fingerprint density at radius 3 is 2.48 bits per heavy atom. The molecule has 2 heterocycles. The van der Waals surface area contributed by atoms with E-state index in [1.54, 1.807) is 29.5 Å². The van der Waals surface area contributed by atoms with Crippen molar-refractivity contribution in [3.05, 3.63) is 51.3 Å². The van der Waals surface area contributed by atoms with E-state index < -0.39 is 5.91 Å². The van der Waals surface area contributed by atoms with Gasteiger partial charge < -0.3 is 9.47 Å². The molecule has 0 aliphatic heterocycles. The van der Waals surface area contributed by atoms with E-state index in [0.29, 0.717) is 23.8 Å². The number of halogens is 1. The number of aromatic nitrogens is 1. The molecule has 0 aliphatic carbocycles. The number of amides is 2. The first-order valence-electron chi connectivity index (χ1n) is 8.66. The van der Waals surface area contributed by atoms with Gasteiger partial charge in [0, 0.05) is 15.2 Å². The number of rotatable bonds is 8. The maximum Gasteiger partial charge on any atom is 0.276 e. The minimum Gasteiger partial charge on any atom is -0.490 e. The van der Waals surface area contributed by atoms with Crippen LogP contribution in [0.25, 0.3) is 9.88 Å². The Balaban J connectivity index is 1.44. The van der Waals surface area contributed by atoms with Crippen LogP contribution < -0.4 is 20.3 Å². The van der Waals surface area contributed by atoms with Gasteiger partial charge in [-0.25, -0.2) is 4.98 Å². The Kier molecular flexibility index (Phi) is 7.62. The van der Waals surface area contributed by atoms with Crippen molar-refractivity contribution in [2.45, 2.75) is 13.3 Å². The monoisotopic (exact) mass is 495 g/mol. The molecule has 10 heteroatoms. The van der Waals surface area contributed by atoms with Gasteiger partial charge in [-0.15, -0.1) is 22.7 Å². The first kappa shape index (κ1) is 21.3. The molecule has 0 spiro atoms. The summed E-state index contributed by atoms with van der Waals surface area (Å²) in [7, 11) is 0. The maximum absolute atomic E-state index is 12.1. The van der Waals surface area contributed by atoms with Gasteiger partial charge >= 0.3 is 0 Å². The molecular weight excluding hydrogens is 478 g/mol. The van der Waals surface area contributed by atoms with Crippen LogP contribution in [-0.4, -0.2) is 30.0 Å². The van der Waals surface area contributed by atoms with Crippen molar-refractivity contribution in [3.63, 3.8) is 0 Å². The van der Waals surface area contributed by atoms with Gasteiger partial charge in [0.2, 0.25) is 5.91 Å². The third kappa shape index (κ3) is 6.28. The zero-order valence-electron chi connectivity index (χ0n) is 15.4. The summed E-state index contributed by atoms with van der Waals surface area (Å²) in [6.45, 7) is 2.10. The molecule has 0 radical (unpaired) electrons. The zero-order chi connectivity index (χ0) is 20.6. The summed E-state index contributed by atoms with van der Waals surface area (Å²) in [4.78, 5) is 29.5. The molecule has 0 aliphatic rings. The highest BCUT2D eigenvalue weighted by Crippen LogP contribution is 2.32. The lowest BCUT2D eigenvalue weighted by Crippen LogP contribution is -2.44. The number of thiophene rings is 1. The van der Waals surface area contributed by atoms with E-state index in [1.807, 2.05) is 29.8 Å². The summed E-state index contributed by atoms with van der Waals surface area (Å²) >= 11 is 6.47. The van der Waals surface area contributed by atoms with Gasteiger partial charge in [0.25, 0.3) is 5.91 Å². The van der Waals surface area contributed by atoms with Crippen molar-refractivity contribution in [3.8, 4) is 21.4 Å². The molecule has 2 N–H and O–H groups in total. The molecule has 152 valence electrons. The molecule has 29 heavy (non-hydrogen) atoms. The first-order valence-corrected chi connectivity index (χ1v) is 11.2. The van der Waals surface area contributed by atoms with Crippen LogP contribution in [0.1, 0.15) is 12.6 Å². The number of thiazole rings is 1. The number of nitrogens with one attached hydrogen (secondary N) is 2. The van der Waals surface area contributed by atoms with Crippen molar-refractivity contribution in [1.82, 2.24) is 15.8 Å². The smallest absolute Gasteiger partial charge is 0.276 e. The molecule has 3 aromatic rings. The molecule has 0 bridgehead atoms. The summed E-state index contributed by atoms with van der Waals surface area (Å²) < 4.78 is 11.9. The lowest BCUT2D eigenvalue weighted by Gasteiger charge is -2.11. The fourth-order valence-corrected chi connectivity index (χ4v) is 4.63. The number of ether oxygens (including phenoxy) is 2. The number of hydrogen-bond acceptors (Lipinski definition) is 7. The number of hydrazine groups is 1. The van der Waals surface area contributed by atoms with E-state index >= 15 is 0 Å². The zero-order valence-corrected chi connectivity index (χ0v) is 18.7. The average molecular weight is 496 g/mol. The molecule has 2 aromatic heterocycles. The highest BCUT2D eigenvalue weighted by molar-refractivity contribution is 9.10. The molecule has 7 nitrogen and oxygen atoms in total. The van der Waals surface area contributed by atoms with Crippen molar-refractivity contribution in [2.75, 3.05) is 13.2 Å². The van der Waals surface area contributed by atoms with Gasteiger partial charge in [-0.1, -0.05) is 12.1 Å². The fourth-order valence-electron chi connectivity index (χ4n) is 2.30. The van der Waals surface area contributed by atoms with Crippen LogP contribution >= 0.6 is 38.6 Å². The highest BCUT2D eigenvalue weighted by Gasteiger charge is 2.12. The van der Waals surface area contributed by atoms with Gasteiger partial charge in [-0.05, 0) is 41.1 Å². The van der Waals surface area contributed by atoms with Gasteiger partial charge in [-0.3, -0.25) is 20.4 Å². The third-order valence-corrected chi connectivity index (χ3v) is 6.27. The molecule has 2 amide bonds. The Morgan fingerprint density at radius 2 is 1.79 bits per heavy atom. The average Bonchev–Trinajstić information content (AvgIpc) is 3.35. The fraction of sp³-hybridized carbons (Fsp3) is 0.211. The Bertz CT molecular complexity index is 989. The van der Waals surface area contributed by atoms with Gasteiger partial charge in [0.1, 0.15) is 5.01 Å². The second-order valence-corrected chi connectivity index (χ2v) is 8.40. The van der Waals surface area contributed by atoms with E-state index in [4.69, 9.17) is 9.47 Å². The molecular formula is C19H18BrN3O4S2. The molecule has 0 fully saturated rings. The van der Waals surface area contributed by atoms with E-state index in [-0.39, 0.29) is 18.9 Å². The number of benzene rings is 1. The Morgan fingerprint density at radius 1 is 1.07 bits per heavy atom. The Labute approximate surface area is 184 Å². The number of carbonyl (C=O) groups excluding carboxylic acids is 2. The molecule has 3 rings (SSSR count). The van der Waals surface area contributed by atoms with Crippen LogP contribution in [0.2, 0.25) is 0 Å². The predicted octanol–water partition coefficient (Wildman–Crippen LogP) is 3.80. The number of carbonyl (C=O) groups is 2. The van der Waals surface area contributed by atoms with Crippen LogP contribution in [0.5, 0.6) is 11.5 Å². The number of nitrogens with zero attached hydrogens (tertiary/aromatic N) is 1. The SMILES string of the molecule is CCOc1ccccc1OCC(=O)NNC(=O)Cc1csc(-c2cc(Br)cs2)n1. The van der Waals surface area contributed by atoms with E-state index in [9.17, 15) is 9.59 Å². The van der Waals surface area contributed by atoms with E-state index in [2.05, 4.69) is 31.8 Å². The lowest BCUT2D eigenvalue weighted by atomic mass is 10.3. The van der Waals surface area contributed by atoms with Crippen molar-refractivity contribution < 1.29 is 19.1 Å². The molecule has 0 unspecified atom stereocenters. The van der Waals surface area contributed by atoms with E-state index in [0.717, 1.165) is 14.4 Å².